The minimum atomic E-state index is -0.431. The summed E-state index contributed by atoms with van der Waals surface area (Å²) in [5, 5.41) is 0. The smallest absolute Gasteiger partial charge is 0.222 e. The van der Waals surface area contributed by atoms with E-state index in [1.807, 2.05) is 4.90 Å². The van der Waals surface area contributed by atoms with Crippen molar-refractivity contribution in [2.45, 2.75) is 6.42 Å². The van der Waals surface area contributed by atoms with Crippen LogP contribution in [0.4, 0.5) is 15.8 Å². The Kier molecular flexibility index (Phi) is 2.68. The van der Waals surface area contributed by atoms with Crippen molar-refractivity contribution >= 4 is 17.3 Å². The summed E-state index contributed by atoms with van der Waals surface area (Å²) < 4.78 is 13.2. The average molecular weight is 223 g/mol. The van der Waals surface area contributed by atoms with Gasteiger partial charge in [0.05, 0.1) is 17.3 Å². The lowest BCUT2D eigenvalue weighted by molar-refractivity contribution is -0.121. The van der Waals surface area contributed by atoms with Gasteiger partial charge in [0.25, 0.3) is 0 Å². The van der Waals surface area contributed by atoms with Crippen molar-refractivity contribution in [3.05, 3.63) is 24.0 Å². The predicted molar refractivity (Wildman–Crippen MR) is 60.3 cm³/mol. The third kappa shape index (κ3) is 1.80. The van der Waals surface area contributed by atoms with Gasteiger partial charge in [-0.15, -0.1) is 0 Å². The fourth-order valence-electron chi connectivity index (χ4n) is 2.01. The molecule has 1 saturated heterocycles. The van der Waals surface area contributed by atoms with E-state index in [4.69, 9.17) is 11.5 Å². The van der Waals surface area contributed by atoms with Gasteiger partial charge in [-0.05, 0) is 18.6 Å². The third-order valence-electron chi connectivity index (χ3n) is 2.96. The van der Waals surface area contributed by atoms with Gasteiger partial charge >= 0.3 is 0 Å². The molecule has 0 radical (unpaired) electrons. The number of primary amides is 1. The molecule has 1 unspecified atom stereocenters. The number of benzene rings is 1. The topological polar surface area (TPSA) is 72.4 Å². The molecule has 0 saturated carbocycles. The highest BCUT2D eigenvalue weighted by atomic mass is 19.1. The van der Waals surface area contributed by atoms with Crippen LogP contribution in [0.2, 0.25) is 0 Å². The highest BCUT2D eigenvalue weighted by Gasteiger charge is 2.27. The number of carbonyl (C=O) groups excluding carboxylic acids is 1. The van der Waals surface area contributed by atoms with Gasteiger partial charge in [-0.25, -0.2) is 4.39 Å². The van der Waals surface area contributed by atoms with Crippen molar-refractivity contribution in [1.82, 2.24) is 0 Å². The molecule has 2 rings (SSSR count). The molecule has 1 aliphatic heterocycles. The summed E-state index contributed by atoms with van der Waals surface area (Å²) in [7, 11) is 0. The summed E-state index contributed by atoms with van der Waals surface area (Å²) in [6, 6.07) is 4.68. The average Bonchev–Trinajstić information content (AvgIpc) is 2.71. The van der Waals surface area contributed by atoms with E-state index in [0.717, 1.165) is 0 Å². The van der Waals surface area contributed by atoms with Gasteiger partial charge in [-0.1, -0.05) is 6.07 Å². The monoisotopic (exact) mass is 223 g/mol. The van der Waals surface area contributed by atoms with Crippen LogP contribution >= 0.6 is 0 Å². The van der Waals surface area contributed by atoms with E-state index in [0.29, 0.717) is 25.2 Å². The van der Waals surface area contributed by atoms with E-state index in [-0.39, 0.29) is 17.5 Å². The molecule has 1 aliphatic rings. The molecule has 4 nitrogen and oxygen atoms in total. The lowest BCUT2D eigenvalue weighted by Crippen LogP contribution is -2.27. The van der Waals surface area contributed by atoms with Crippen molar-refractivity contribution in [2.75, 3.05) is 23.7 Å². The maximum absolute atomic E-state index is 13.2. The highest BCUT2D eigenvalue weighted by molar-refractivity contribution is 5.79. The Labute approximate surface area is 93.0 Å². The van der Waals surface area contributed by atoms with Gasteiger partial charge in [0.1, 0.15) is 5.82 Å². The second-order valence-corrected chi connectivity index (χ2v) is 4.01. The van der Waals surface area contributed by atoms with Crippen LogP contribution in [0.15, 0.2) is 18.2 Å². The molecule has 86 valence electrons. The van der Waals surface area contributed by atoms with Gasteiger partial charge in [-0.2, -0.15) is 0 Å². The van der Waals surface area contributed by atoms with Crippen molar-refractivity contribution < 1.29 is 9.18 Å². The molecule has 0 aliphatic carbocycles. The fraction of sp³-hybridized carbons (Fsp3) is 0.364. The first-order valence-electron chi connectivity index (χ1n) is 5.18. The van der Waals surface area contributed by atoms with Crippen LogP contribution < -0.4 is 16.4 Å². The van der Waals surface area contributed by atoms with Gasteiger partial charge in [0.15, 0.2) is 0 Å². The second kappa shape index (κ2) is 4.00. The fourth-order valence-corrected chi connectivity index (χ4v) is 2.01. The van der Waals surface area contributed by atoms with Gasteiger partial charge in [0, 0.05) is 13.1 Å². The number of rotatable bonds is 2. The zero-order valence-electron chi connectivity index (χ0n) is 8.82. The minimum Gasteiger partial charge on any atom is -0.395 e. The summed E-state index contributed by atoms with van der Waals surface area (Å²) in [5.74, 6) is -0.903. The number of nitrogen functional groups attached to an aromatic ring is 1. The van der Waals surface area contributed by atoms with Crippen molar-refractivity contribution in [1.29, 1.82) is 0 Å². The number of hydrogen-bond acceptors (Lipinski definition) is 3. The lowest BCUT2D eigenvalue weighted by atomic mass is 10.1. The van der Waals surface area contributed by atoms with Crippen LogP contribution in [0.5, 0.6) is 0 Å². The summed E-state index contributed by atoms with van der Waals surface area (Å²) >= 11 is 0. The number of hydrogen-bond donors (Lipinski definition) is 2. The van der Waals surface area contributed by atoms with E-state index in [1.165, 1.54) is 6.07 Å². The van der Waals surface area contributed by atoms with Gasteiger partial charge < -0.3 is 16.4 Å². The molecular formula is C11H14FN3O. The first-order valence-corrected chi connectivity index (χ1v) is 5.18. The third-order valence-corrected chi connectivity index (χ3v) is 2.96. The van der Waals surface area contributed by atoms with Crippen molar-refractivity contribution in [2.24, 2.45) is 11.7 Å². The first kappa shape index (κ1) is 10.7. The zero-order chi connectivity index (χ0) is 11.7. The Morgan fingerprint density at radius 1 is 1.50 bits per heavy atom. The Bertz CT molecular complexity index is 422. The molecule has 1 aromatic carbocycles. The molecule has 16 heavy (non-hydrogen) atoms. The summed E-state index contributed by atoms with van der Waals surface area (Å²) in [6.07, 6.45) is 0.700. The number of anilines is 2. The zero-order valence-corrected chi connectivity index (χ0v) is 8.82. The highest BCUT2D eigenvalue weighted by Crippen LogP contribution is 2.30. The largest absolute Gasteiger partial charge is 0.395 e. The number of amides is 1. The maximum Gasteiger partial charge on any atom is 0.222 e. The number of nitrogens with two attached hydrogens (primary N) is 2. The Balaban J connectivity index is 2.21. The molecule has 5 heteroatoms. The standard InChI is InChI=1S/C11H14FN3O/c12-8-2-1-3-9(10(8)13)15-5-4-7(6-15)11(14)16/h1-3,7H,4-6,13H2,(H2,14,16). The summed E-state index contributed by atoms with van der Waals surface area (Å²) in [6.45, 7) is 1.20. The predicted octanol–water partition coefficient (Wildman–Crippen LogP) is 0.719. The number of nitrogens with zero attached hydrogens (tertiary/aromatic N) is 1. The lowest BCUT2D eigenvalue weighted by Gasteiger charge is -2.20. The Morgan fingerprint density at radius 2 is 2.25 bits per heavy atom. The first-order chi connectivity index (χ1) is 7.59. The summed E-state index contributed by atoms with van der Waals surface area (Å²) in [5.41, 5.74) is 11.7. The quantitative estimate of drug-likeness (QED) is 0.725. The molecule has 1 heterocycles. The van der Waals surface area contributed by atoms with Crippen LogP contribution in [0.25, 0.3) is 0 Å². The van der Waals surface area contributed by atoms with Crippen LogP contribution in [0, 0.1) is 11.7 Å². The van der Waals surface area contributed by atoms with Crippen LogP contribution in [-0.4, -0.2) is 19.0 Å². The van der Waals surface area contributed by atoms with E-state index in [1.54, 1.807) is 12.1 Å². The number of para-hydroxylation sites is 1. The van der Waals surface area contributed by atoms with Gasteiger partial charge in [0.2, 0.25) is 5.91 Å². The molecule has 1 aromatic rings. The van der Waals surface area contributed by atoms with E-state index in [9.17, 15) is 9.18 Å². The van der Waals surface area contributed by atoms with E-state index >= 15 is 0 Å². The molecule has 0 bridgehead atoms. The molecule has 1 atom stereocenters. The van der Waals surface area contributed by atoms with Crippen molar-refractivity contribution in [3.63, 3.8) is 0 Å². The Morgan fingerprint density at radius 3 is 2.88 bits per heavy atom. The normalized spacial score (nSPS) is 20.1. The Hall–Kier alpha value is -1.78. The molecule has 4 N–H and O–H groups in total. The van der Waals surface area contributed by atoms with Crippen LogP contribution in [0.3, 0.4) is 0 Å². The molecule has 0 spiro atoms. The SMILES string of the molecule is NC(=O)C1CCN(c2cccc(F)c2N)C1. The molecular weight excluding hydrogens is 209 g/mol. The maximum atomic E-state index is 13.2. The molecule has 0 aromatic heterocycles. The van der Waals surface area contributed by atoms with Crippen LogP contribution in [-0.2, 0) is 4.79 Å². The molecule has 1 fully saturated rings. The summed E-state index contributed by atoms with van der Waals surface area (Å²) in [4.78, 5) is 12.9. The van der Waals surface area contributed by atoms with E-state index in [2.05, 4.69) is 0 Å². The number of carbonyl (C=O) groups is 1. The van der Waals surface area contributed by atoms with Crippen LogP contribution in [0.1, 0.15) is 6.42 Å². The van der Waals surface area contributed by atoms with Crippen molar-refractivity contribution in [3.8, 4) is 0 Å². The van der Waals surface area contributed by atoms with Gasteiger partial charge in [-0.3, -0.25) is 4.79 Å². The second-order valence-electron chi connectivity index (χ2n) is 4.01. The number of halogens is 1. The minimum absolute atomic E-state index is 0.132. The van der Waals surface area contributed by atoms with E-state index < -0.39 is 5.82 Å². The molecule has 1 amide bonds.